The monoisotopic (exact) mass is 288 g/mol. The number of fused-ring (bicyclic) bond motifs is 1. The molecule has 0 unspecified atom stereocenters. The molecule has 1 aliphatic heterocycles. The first-order valence-electron chi connectivity index (χ1n) is 6.58. The van der Waals surface area contributed by atoms with E-state index in [1.165, 1.54) is 0 Å². The van der Waals surface area contributed by atoms with Crippen LogP contribution in [-0.4, -0.2) is 19.1 Å². The molecule has 0 saturated carbocycles. The number of carbonyl (C=O) groups excluding carboxylic acids is 1. The van der Waals surface area contributed by atoms with Gasteiger partial charge in [-0.1, -0.05) is 0 Å². The Labute approximate surface area is 121 Å². The fourth-order valence-corrected chi connectivity index (χ4v) is 2.84. The Morgan fingerprint density at radius 3 is 3.20 bits per heavy atom. The summed E-state index contributed by atoms with van der Waals surface area (Å²) in [5, 5.41) is 10.2. The van der Waals surface area contributed by atoms with E-state index in [9.17, 15) is 4.79 Å². The van der Waals surface area contributed by atoms with Crippen LogP contribution in [0.5, 0.6) is 5.75 Å². The number of carbonyl (C=O) groups is 1. The van der Waals surface area contributed by atoms with Crippen molar-refractivity contribution in [1.29, 1.82) is 0 Å². The van der Waals surface area contributed by atoms with Gasteiger partial charge < -0.3 is 15.4 Å². The molecule has 20 heavy (non-hydrogen) atoms. The number of amides is 1. The first-order valence-corrected chi connectivity index (χ1v) is 7.53. The molecule has 5 heteroatoms. The summed E-state index contributed by atoms with van der Waals surface area (Å²) in [6.07, 6.45) is 0.412. The van der Waals surface area contributed by atoms with Crippen LogP contribution >= 0.6 is 11.3 Å². The molecule has 2 aromatic rings. The second-order valence-electron chi connectivity index (χ2n) is 4.70. The van der Waals surface area contributed by atoms with Crippen molar-refractivity contribution < 1.29 is 9.53 Å². The zero-order valence-corrected chi connectivity index (χ0v) is 11.8. The third-order valence-electron chi connectivity index (χ3n) is 3.14. The van der Waals surface area contributed by atoms with Crippen LogP contribution in [0.4, 0.5) is 5.69 Å². The third kappa shape index (κ3) is 3.18. The molecule has 0 spiro atoms. The third-order valence-corrected chi connectivity index (χ3v) is 3.87. The summed E-state index contributed by atoms with van der Waals surface area (Å²) >= 11 is 1.60. The van der Waals surface area contributed by atoms with Crippen molar-refractivity contribution in [3.05, 3.63) is 46.2 Å². The number of thiophene rings is 1. The Morgan fingerprint density at radius 1 is 1.40 bits per heavy atom. The van der Waals surface area contributed by atoms with Gasteiger partial charge in [0, 0.05) is 24.3 Å². The number of anilines is 1. The van der Waals surface area contributed by atoms with E-state index in [1.807, 2.05) is 35.0 Å². The highest BCUT2D eigenvalue weighted by Gasteiger charge is 2.10. The van der Waals surface area contributed by atoms with Gasteiger partial charge in [-0.05, 0) is 40.6 Å². The van der Waals surface area contributed by atoms with Gasteiger partial charge in [-0.15, -0.1) is 0 Å². The van der Waals surface area contributed by atoms with Gasteiger partial charge in [0.15, 0.2) is 0 Å². The van der Waals surface area contributed by atoms with Crippen molar-refractivity contribution in [2.75, 3.05) is 18.5 Å². The lowest BCUT2D eigenvalue weighted by atomic mass is 10.1. The Balaban J connectivity index is 1.68. The largest absolute Gasteiger partial charge is 0.492 e. The molecule has 2 N–H and O–H groups in total. The quantitative estimate of drug-likeness (QED) is 0.912. The normalized spacial score (nSPS) is 14.0. The van der Waals surface area contributed by atoms with Crippen LogP contribution in [0.25, 0.3) is 0 Å². The van der Waals surface area contributed by atoms with Gasteiger partial charge in [-0.3, -0.25) is 4.79 Å². The summed E-state index contributed by atoms with van der Waals surface area (Å²) in [5.41, 5.74) is 2.94. The Kier molecular flexibility index (Phi) is 3.99. The molecule has 0 aliphatic carbocycles. The molecule has 4 nitrogen and oxygen atoms in total. The molecule has 1 amide bonds. The second-order valence-corrected chi connectivity index (χ2v) is 5.48. The van der Waals surface area contributed by atoms with Gasteiger partial charge in [0.2, 0.25) is 5.91 Å². The maximum Gasteiger partial charge on any atom is 0.228 e. The zero-order valence-electron chi connectivity index (χ0n) is 11.0. The van der Waals surface area contributed by atoms with Crippen molar-refractivity contribution in [3.63, 3.8) is 0 Å². The minimum absolute atomic E-state index is 0.00542. The van der Waals surface area contributed by atoms with Crippen molar-refractivity contribution >= 4 is 22.9 Å². The molecule has 2 heterocycles. The highest BCUT2D eigenvalue weighted by Crippen LogP contribution is 2.24. The summed E-state index contributed by atoms with van der Waals surface area (Å²) < 4.78 is 5.62. The molecule has 104 valence electrons. The summed E-state index contributed by atoms with van der Waals surface area (Å²) in [6.45, 7) is 2.29. The molecule has 1 aliphatic rings. The van der Waals surface area contributed by atoms with E-state index in [0.717, 1.165) is 35.7 Å². The van der Waals surface area contributed by atoms with Crippen molar-refractivity contribution in [2.24, 2.45) is 0 Å². The predicted molar refractivity (Wildman–Crippen MR) is 80.3 cm³/mol. The lowest BCUT2D eigenvalue weighted by Gasteiger charge is -2.10. The Hall–Kier alpha value is -1.85. The summed E-state index contributed by atoms with van der Waals surface area (Å²) in [6, 6.07) is 7.75. The van der Waals surface area contributed by atoms with Crippen LogP contribution in [0.15, 0.2) is 35.0 Å². The molecule has 1 aromatic carbocycles. The SMILES string of the molecule is O=C(Cc1ccsc1)Nc1ccc2c(c1)CNCCO2. The number of hydrogen-bond donors (Lipinski definition) is 2. The van der Waals surface area contributed by atoms with E-state index >= 15 is 0 Å². The average molecular weight is 288 g/mol. The maximum atomic E-state index is 12.0. The van der Waals surface area contributed by atoms with Crippen LogP contribution in [0.1, 0.15) is 11.1 Å². The smallest absolute Gasteiger partial charge is 0.228 e. The second kappa shape index (κ2) is 6.07. The number of nitrogens with one attached hydrogen (secondary N) is 2. The van der Waals surface area contributed by atoms with E-state index in [-0.39, 0.29) is 5.91 Å². The van der Waals surface area contributed by atoms with E-state index in [1.54, 1.807) is 11.3 Å². The van der Waals surface area contributed by atoms with E-state index in [0.29, 0.717) is 13.0 Å². The highest BCUT2D eigenvalue weighted by molar-refractivity contribution is 7.08. The molecular weight excluding hydrogens is 272 g/mol. The zero-order chi connectivity index (χ0) is 13.8. The van der Waals surface area contributed by atoms with Crippen molar-refractivity contribution in [3.8, 4) is 5.75 Å². The van der Waals surface area contributed by atoms with Crippen LogP contribution in [0.3, 0.4) is 0 Å². The molecule has 0 atom stereocenters. The fourth-order valence-electron chi connectivity index (χ4n) is 2.18. The minimum Gasteiger partial charge on any atom is -0.492 e. The van der Waals surface area contributed by atoms with Gasteiger partial charge in [0.1, 0.15) is 12.4 Å². The standard InChI is InChI=1S/C15H16N2O2S/c18-15(7-11-3-6-20-10-11)17-13-1-2-14-12(8-13)9-16-4-5-19-14/h1-3,6,8,10,16H,4-5,7,9H2,(H,17,18). The van der Waals surface area contributed by atoms with E-state index < -0.39 is 0 Å². The summed E-state index contributed by atoms with van der Waals surface area (Å²) in [5.74, 6) is 0.900. The van der Waals surface area contributed by atoms with Gasteiger partial charge in [-0.25, -0.2) is 0 Å². The molecule has 0 radical (unpaired) electrons. The number of ether oxygens (including phenoxy) is 1. The number of hydrogen-bond acceptors (Lipinski definition) is 4. The first kappa shape index (κ1) is 13.1. The minimum atomic E-state index is 0.00542. The molecule has 1 aromatic heterocycles. The molecular formula is C15H16N2O2S. The van der Waals surface area contributed by atoms with Crippen molar-refractivity contribution in [2.45, 2.75) is 13.0 Å². The van der Waals surface area contributed by atoms with Gasteiger partial charge in [0.25, 0.3) is 0 Å². The van der Waals surface area contributed by atoms with Gasteiger partial charge in [0.05, 0.1) is 6.42 Å². The number of benzene rings is 1. The summed E-state index contributed by atoms with van der Waals surface area (Å²) in [4.78, 5) is 12.0. The average Bonchev–Trinajstić information content (AvgIpc) is 2.82. The Morgan fingerprint density at radius 2 is 2.35 bits per heavy atom. The highest BCUT2D eigenvalue weighted by atomic mass is 32.1. The van der Waals surface area contributed by atoms with Crippen LogP contribution in [0.2, 0.25) is 0 Å². The Bertz CT molecular complexity index is 596. The lowest BCUT2D eigenvalue weighted by molar-refractivity contribution is -0.115. The lowest BCUT2D eigenvalue weighted by Crippen LogP contribution is -2.16. The maximum absolute atomic E-state index is 12.0. The van der Waals surface area contributed by atoms with E-state index in [2.05, 4.69) is 10.6 Å². The molecule has 0 fully saturated rings. The number of rotatable bonds is 3. The predicted octanol–water partition coefficient (Wildman–Crippen LogP) is 2.41. The molecule has 0 saturated heterocycles. The van der Waals surface area contributed by atoms with Crippen molar-refractivity contribution in [1.82, 2.24) is 5.32 Å². The van der Waals surface area contributed by atoms with Gasteiger partial charge >= 0.3 is 0 Å². The molecule has 0 bridgehead atoms. The van der Waals surface area contributed by atoms with Crippen LogP contribution in [0, 0.1) is 0 Å². The van der Waals surface area contributed by atoms with E-state index in [4.69, 9.17) is 4.74 Å². The molecule has 3 rings (SSSR count). The fraction of sp³-hybridized carbons (Fsp3) is 0.267. The topological polar surface area (TPSA) is 50.4 Å². The van der Waals surface area contributed by atoms with Crippen LogP contribution < -0.4 is 15.4 Å². The van der Waals surface area contributed by atoms with Crippen LogP contribution in [-0.2, 0) is 17.8 Å². The van der Waals surface area contributed by atoms with Gasteiger partial charge in [-0.2, -0.15) is 11.3 Å². The summed E-state index contributed by atoms with van der Waals surface area (Å²) in [7, 11) is 0. The first-order chi connectivity index (χ1) is 9.81.